The molecule has 14 rings (SSSR count). The Labute approximate surface area is 376 Å². The van der Waals surface area contributed by atoms with E-state index in [1.165, 1.54) is 58.1 Å². The number of fused-ring (bicyclic) bond motifs is 11. The molecule has 13 aromatic rings. The first-order valence-corrected chi connectivity index (χ1v) is 22.8. The Morgan fingerprint density at radius 2 is 1.17 bits per heavy atom. The Morgan fingerprint density at radius 3 is 2.05 bits per heavy atom. The average molecular weight is 849 g/mol. The third kappa shape index (κ3) is 5.64. The standard InChI is InChI=1S/C59H36N4OS/c1-2-14-35(15-3-1)57-60-58(62-59(61-57)40-27-29-52-46(31-40)43-21-9-12-24-51(43)64-52)39-26-28-49(63-48-23-11-8-20-42(48)45-30-36-16-4-5-17-37(36)33-50(45)63)47(32-39)55-41-19-7-6-18-38(41)34-54-56(55)44-22-10-13-25-53(44)65-54/h1-34,57H,(H,60,61,62). The SMILES string of the molecule is c1ccc(C2N=C(c3ccc(-n4c5ccccc5c5cc6ccccc6cc54)c(-c4c5ccccc5cc5sc6ccccc6c45)c3)N=C(c3ccc4oc5ccccc5c4c3)N2)cc1. The molecule has 10 aromatic carbocycles. The number of aliphatic imine (C=N–C) groups is 2. The van der Waals surface area contributed by atoms with E-state index in [-0.39, 0.29) is 6.17 Å². The van der Waals surface area contributed by atoms with E-state index in [9.17, 15) is 0 Å². The van der Waals surface area contributed by atoms with E-state index in [1.54, 1.807) is 0 Å². The summed E-state index contributed by atoms with van der Waals surface area (Å²) < 4.78 is 11.3. The van der Waals surface area contributed by atoms with Crippen LogP contribution >= 0.6 is 11.3 Å². The van der Waals surface area contributed by atoms with Gasteiger partial charge in [-0.3, -0.25) is 0 Å². The van der Waals surface area contributed by atoms with Crippen molar-refractivity contribution in [2.75, 3.05) is 0 Å². The Hall–Kier alpha value is -8.32. The molecule has 1 atom stereocenters. The summed E-state index contributed by atoms with van der Waals surface area (Å²) in [6.07, 6.45) is -0.366. The topological polar surface area (TPSA) is 54.8 Å². The number of para-hydroxylation sites is 2. The number of rotatable bonds is 5. The van der Waals surface area contributed by atoms with Crippen LogP contribution in [0.1, 0.15) is 22.9 Å². The number of benzene rings is 10. The van der Waals surface area contributed by atoms with Gasteiger partial charge in [-0.15, -0.1) is 11.3 Å². The lowest BCUT2D eigenvalue weighted by atomic mass is 9.91. The van der Waals surface area contributed by atoms with Gasteiger partial charge in [0, 0.05) is 64.0 Å². The van der Waals surface area contributed by atoms with Crippen molar-refractivity contribution in [1.29, 1.82) is 0 Å². The zero-order valence-electron chi connectivity index (χ0n) is 34.9. The van der Waals surface area contributed by atoms with E-state index in [2.05, 4.69) is 198 Å². The van der Waals surface area contributed by atoms with Crippen LogP contribution in [0.4, 0.5) is 0 Å². The number of furan rings is 1. The third-order valence-electron chi connectivity index (χ3n) is 13.2. The first-order chi connectivity index (χ1) is 32.2. The number of aromatic nitrogens is 1. The lowest BCUT2D eigenvalue weighted by Crippen LogP contribution is -2.33. The molecule has 1 unspecified atom stereocenters. The highest BCUT2D eigenvalue weighted by molar-refractivity contribution is 7.26. The Balaban J connectivity index is 1.07. The quantitative estimate of drug-likeness (QED) is 0.188. The molecule has 304 valence electrons. The molecule has 4 heterocycles. The second kappa shape index (κ2) is 14.1. The van der Waals surface area contributed by atoms with Crippen LogP contribution in [-0.2, 0) is 0 Å². The molecule has 0 fully saturated rings. The molecule has 1 N–H and O–H groups in total. The molecule has 0 saturated heterocycles. The summed E-state index contributed by atoms with van der Waals surface area (Å²) in [7, 11) is 0. The van der Waals surface area contributed by atoms with Crippen LogP contribution in [0.15, 0.2) is 221 Å². The minimum Gasteiger partial charge on any atom is -0.456 e. The van der Waals surface area contributed by atoms with E-state index in [1.807, 2.05) is 29.5 Å². The zero-order valence-corrected chi connectivity index (χ0v) is 35.7. The second-order valence-corrected chi connectivity index (χ2v) is 18.0. The number of nitrogens with zero attached hydrogens (tertiary/aromatic N) is 3. The fraction of sp³-hybridized carbons (Fsp3) is 0.0169. The van der Waals surface area contributed by atoms with E-state index in [0.717, 1.165) is 66.7 Å². The van der Waals surface area contributed by atoms with Crippen molar-refractivity contribution < 1.29 is 4.42 Å². The molecule has 0 aliphatic carbocycles. The van der Waals surface area contributed by atoms with Gasteiger partial charge < -0.3 is 14.3 Å². The highest BCUT2D eigenvalue weighted by atomic mass is 32.1. The van der Waals surface area contributed by atoms with Gasteiger partial charge in [0.05, 0.1) is 16.7 Å². The van der Waals surface area contributed by atoms with Crippen LogP contribution in [0.25, 0.3) is 102 Å². The molecule has 0 bridgehead atoms. The maximum absolute atomic E-state index is 6.24. The first-order valence-electron chi connectivity index (χ1n) is 22.0. The number of hydrogen-bond acceptors (Lipinski definition) is 5. The maximum Gasteiger partial charge on any atom is 0.159 e. The second-order valence-electron chi connectivity index (χ2n) is 16.9. The molecule has 65 heavy (non-hydrogen) atoms. The molecular weight excluding hydrogens is 813 g/mol. The summed E-state index contributed by atoms with van der Waals surface area (Å²) in [5.74, 6) is 1.42. The number of amidine groups is 2. The maximum atomic E-state index is 6.24. The normalized spacial score (nSPS) is 14.3. The van der Waals surface area contributed by atoms with Crippen molar-refractivity contribution in [1.82, 2.24) is 9.88 Å². The molecule has 3 aromatic heterocycles. The lowest BCUT2D eigenvalue weighted by molar-refractivity contribution is 0.668. The van der Waals surface area contributed by atoms with Gasteiger partial charge >= 0.3 is 0 Å². The van der Waals surface area contributed by atoms with Gasteiger partial charge in [0.15, 0.2) is 5.84 Å². The molecule has 6 heteroatoms. The van der Waals surface area contributed by atoms with Crippen molar-refractivity contribution >= 4 is 108 Å². The smallest absolute Gasteiger partial charge is 0.159 e. The van der Waals surface area contributed by atoms with E-state index >= 15 is 0 Å². The van der Waals surface area contributed by atoms with Crippen LogP contribution in [0.5, 0.6) is 0 Å². The first kappa shape index (κ1) is 36.2. The highest BCUT2D eigenvalue weighted by Gasteiger charge is 2.26. The third-order valence-corrected chi connectivity index (χ3v) is 14.3. The summed E-state index contributed by atoms with van der Waals surface area (Å²) >= 11 is 1.86. The molecule has 1 aliphatic rings. The van der Waals surface area contributed by atoms with Crippen molar-refractivity contribution in [2.24, 2.45) is 9.98 Å². The predicted octanol–water partition coefficient (Wildman–Crippen LogP) is 15.5. The van der Waals surface area contributed by atoms with Crippen LogP contribution in [-0.4, -0.2) is 16.2 Å². The predicted molar refractivity (Wildman–Crippen MR) is 273 cm³/mol. The average Bonchev–Trinajstić information content (AvgIpc) is 4.04. The van der Waals surface area contributed by atoms with Gasteiger partial charge in [0.2, 0.25) is 0 Å². The Bertz CT molecular complexity index is 4170. The summed E-state index contributed by atoms with van der Waals surface area (Å²) in [5.41, 5.74) is 10.4. The van der Waals surface area contributed by atoms with Crippen molar-refractivity contribution in [3.05, 3.63) is 223 Å². The van der Waals surface area contributed by atoms with Crippen LogP contribution in [0.2, 0.25) is 0 Å². The molecule has 0 spiro atoms. The van der Waals surface area contributed by atoms with Crippen molar-refractivity contribution in [2.45, 2.75) is 6.17 Å². The zero-order chi connectivity index (χ0) is 42.6. The summed E-state index contributed by atoms with van der Waals surface area (Å²) in [6, 6.07) is 74.1. The molecule has 0 saturated carbocycles. The van der Waals surface area contributed by atoms with Crippen LogP contribution < -0.4 is 5.32 Å². The highest BCUT2D eigenvalue weighted by Crippen LogP contribution is 2.47. The van der Waals surface area contributed by atoms with Crippen molar-refractivity contribution in [3.63, 3.8) is 0 Å². The number of nitrogens with one attached hydrogen (secondary N) is 1. The number of thiophene rings is 1. The number of hydrogen-bond donors (Lipinski definition) is 1. The largest absolute Gasteiger partial charge is 0.456 e. The molecule has 5 nitrogen and oxygen atoms in total. The molecule has 0 amide bonds. The van der Waals surface area contributed by atoms with Gasteiger partial charge in [0.25, 0.3) is 0 Å². The van der Waals surface area contributed by atoms with Crippen LogP contribution in [0, 0.1) is 0 Å². The van der Waals surface area contributed by atoms with Gasteiger partial charge in [-0.05, 0) is 99.9 Å². The minimum atomic E-state index is -0.366. The van der Waals surface area contributed by atoms with E-state index in [4.69, 9.17) is 14.4 Å². The molecule has 1 aliphatic heterocycles. The fourth-order valence-electron chi connectivity index (χ4n) is 10.2. The monoisotopic (exact) mass is 848 g/mol. The lowest BCUT2D eigenvalue weighted by Gasteiger charge is -2.24. The summed E-state index contributed by atoms with van der Waals surface area (Å²) in [6.45, 7) is 0. The van der Waals surface area contributed by atoms with E-state index < -0.39 is 0 Å². The van der Waals surface area contributed by atoms with Gasteiger partial charge in [-0.2, -0.15) is 0 Å². The molecular formula is C59H36N4OS. The van der Waals surface area contributed by atoms with E-state index in [0.29, 0.717) is 5.84 Å². The van der Waals surface area contributed by atoms with Gasteiger partial charge in [-0.25, -0.2) is 9.98 Å². The molecule has 0 radical (unpaired) electrons. The summed E-state index contributed by atoms with van der Waals surface area (Å²) in [5, 5.41) is 15.6. The Morgan fingerprint density at radius 1 is 0.477 bits per heavy atom. The fourth-order valence-corrected chi connectivity index (χ4v) is 11.4. The summed E-state index contributed by atoms with van der Waals surface area (Å²) in [4.78, 5) is 10.8. The minimum absolute atomic E-state index is 0.366. The van der Waals surface area contributed by atoms with Gasteiger partial charge in [0.1, 0.15) is 23.2 Å². The van der Waals surface area contributed by atoms with Gasteiger partial charge in [-0.1, -0.05) is 133 Å². The van der Waals surface area contributed by atoms with Crippen molar-refractivity contribution in [3.8, 4) is 16.8 Å². The Kier molecular flexibility index (Phi) is 7.85. The van der Waals surface area contributed by atoms with Crippen LogP contribution in [0.3, 0.4) is 0 Å².